The van der Waals surface area contributed by atoms with Crippen LogP contribution in [0, 0.1) is 5.82 Å². The van der Waals surface area contributed by atoms with Gasteiger partial charge in [0.25, 0.3) is 0 Å². The summed E-state index contributed by atoms with van der Waals surface area (Å²) in [5.41, 5.74) is 11.4. The van der Waals surface area contributed by atoms with Gasteiger partial charge in [-0.2, -0.15) is 0 Å². The predicted molar refractivity (Wildman–Crippen MR) is 64.7 cm³/mol. The molecule has 6 heteroatoms. The van der Waals surface area contributed by atoms with Crippen molar-refractivity contribution in [2.45, 2.75) is 18.6 Å². The Morgan fingerprint density at radius 1 is 1.35 bits per heavy atom. The molecule has 7 N–H and O–H groups in total. The van der Waals surface area contributed by atoms with Gasteiger partial charge in [-0.15, -0.1) is 0 Å². The summed E-state index contributed by atoms with van der Waals surface area (Å²) >= 11 is 0. The Morgan fingerprint density at radius 2 is 2.00 bits per heavy atom. The third-order valence-corrected chi connectivity index (χ3v) is 2.58. The van der Waals surface area contributed by atoms with E-state index < -0.39 is 18.0 Å². The molecule has 96 valence electrons. The van der Waals surface area contributed by atoms with E-state index in [2.05, 4.69) is 5.32 Å². The van der Waals surface area contributed by atoms with Gasteiger partial charge in [-0.25, -0.2) is 4.39 Å². The Morgan fingerprint density at radius 3 is 2.59 bits per heavy atom. The molecule has 0 aliphatic heterocycles. The maximum absolute atomic E-state index is 13.1. The van der Waals surface area contributed by atoms with Crippen LogP contribution in [0.5, 0.6) is 0 Å². The second-order valence-corrected chi connectivity index (χ2v) is 3.90. The molecule has 0 heterocycles. The van der Waals surface area contributed by atoms with Gasteiger partial charge < -0.3 is 27.0 Å². The highest BCUT2D eigenvalue weighted by molar-refractivity contribution is 5.68. The molecule has 5 nitrogen and oxygen atoms in total. The SMILES string of the molecule is CNCCC(O)C(O)c1cc(F)cc(N)c1N. The molecule has 1 aromatic carbocycles. The number of aliphatic hydroxyl groups excluding tert-OH is 2. The molecule has 2 atom stereocenters. The molecule has 0 saturated carbocycles. The van der Waals surface area contributed by atoms with Crippen molar-refractivity contribution in [3.63, 3.8) is 0 Å². The zero-order valence-corrected chi connectivity index (χ0v) is 9.65. The number of hydrogen-bond acceptors (Lipinski definition) is 5. The summed E-state index contributed by atoms with van der Waals surface area (Å²) < 4.78 is 13.1. The quantitative estimate of drug-likeness (QED) is 0.468. The topological polar surface area (TPSA) is 105 Å². The summed E-state index contributed by atoms with van der Waals surface area (Å²) in [5.74, 6) is -0.591. The Hall–Kier alpha value is -1.37. The van der Waals surface area contributed by atoms with Gasteiger partial charge in [-0.05, 0) is 32.1 Å². The fourth-order valence-corrected chi connectivity index (χ4v) is 1.56. The fourth-order valence-electron chi connectivity index (χ4n) is 1.56. The molecule has 17 heavy (non-hydrogen) atoms. The van der Waals surface area contributed by atoms with Crippen molar-refractivity contribution in [1.82, 2.24) is 5.32 Å². The summed E-state index contributed by atoms with van der Waals surface area (Å²) in [6.07, 6.45) is -1.94. The third kappa shape index (κ3) is 3.29. The molecule has 0 aliphatic rings. The van der Waals surface area contributed by atoms with Crippen LogP contribution >= 0.6 is 0 Å². The minimum absolute atomic E-state index is 0.0554. The molecule has 0 aromatic heterocycles. The van der Waals surface area contributed by atoms with Crippen molar-refractivity contribution in [1.29, 1.82) is 0 Å². The Bertz CT molecular complexity index is 387. The number of hydrogen-bond donors (Lipinski definition) is 5. The molecule has 0 bridgehead atoms. The van der Waals surface area contributed by atoms with Gasteiger partial charge in [-0.3, -0.25) is 0 Å². The van der Waals surface area contributed by atoms with Gasteiger partial charge in [0.05, 0.1) is 17.5 Å². The average molecular weight is 243 g/mol. The van der Waals surface area contributed by atoms with Crippen molar-refractivity contribution in [2.24, 2.45) is 0 Å². The van der Waals surface area contributed by atoms with E-state index in [1.807, 2.05) is 0 Å². The zero-order chi connectivity index (χ0) is 13.0. The number of nitrogen functional groups attached to an aromatic ring is 2. The molecule has 1 rings (SSSR count). The highest BCUT2D eigenvalue weighted by Gasteiger charge is 2.21. The number of anilines is 2. The maximum atomic E-state index is 13.1. The lowest BCUT2D eigenvalue weighted by Crippen LogP contribution is -2.24. The van der Waals surface area contributed by atoms with E-state index in [0.717, 1.165) is 12.1 Å². The van der Waals surface area contributed by atoms with Crippen molar-refractivity contribution in [2.75, 3.05) is 25.1 Å². The maximum Gasteiger partial charge on any atom is 0.125 e. The first kappa shape index (κ1) is 13.7. The lowest BCUT2D eigenvalue weighted by atomic mass is 9.99. The van der Waals surface area contributed by atoms with Crippen molar-refractivity contribution in [3.8, 4) is 0 Å². The highest BCUT2D eigenvalue weighted by atomic mass is 19.1. The van der Waals surface area contributed by atoms with Gasteiger partial charge in [0, 0.05) is 5.56 Å². The Kier molecular flexibility index (Phi) is 4.68. The lowest BCUT2D eigenvalue weighted by Gasteiger charge is -2.20. The molecule has 0 fully saturated rings. The second-order valence-electron chi connectivity index (χ2n) is 3.90. The first-order chi connectivity index (χ1) is 7.97. The van der Waals surface area contributed by atoms with E-state index in [9.17, 15) is 14.6 Å². The summed E-state index contributed by atoms with van der Waals surface area (Å²) in [4.78, 5) is 0. The molecule has 2 unspecified atom stereocenters. The first-order valence-electron chi connectivity index (χ1n) is 5.32. The summed E-state index contributed by atoms with van der Waals surface area (Å²) in [6.45, 7) is 0.531. The van der Waals surface area contributed by atoms with E-state index >= 15 is 0 Å². The number of rotatable bonds is 5. The largest absolute Gasteiger partial charge is 0.397 e. The summed E-state index contributed by atoms with van der Waals surface area (Å²) in [6, 6.07) is 2.16. The molecule has 0 aliphatic carbocycles. The third-order valence-electron chi connectivity index (χ3n) is 2.58. The lowest BCUT2D eigenvalue weighted by molar-refractivity contribution is 0.0143. The normalized spacial score (nSPS) is 14.6. The van der Waals surface area contributed by atoms with Crippen molar-refractivity contribution >= 4 is 11.4 Å². The first-order valence-corrected chi connectivity index (χ1v) is 5.32. The second kappa shape index (κ2) is 5.81. The van der Waals surface area contributed by atoms with E-state index in [-0.39, 0.29) is 16.9 Å². The summed E-state index contributed by atoms with van der Waals surface area (Å²) in [7, 11) is 1.73. The Balaban J connectivity index is 2.91. The van der Waals surface area contributed by atoms with E-state index in [1.54, 1.807) is 7.05 Å². The predicted octanol–water partition coefficient (Wildman–Crippen LogP) is -0.00610. The molecule has 0 spiro atoms. The van der Waals surface area contributed by atoms with Crippen LogP contribution in [0.25, 0.3) is 0 Å². The molecule has 1 aromatic rings. The van der Waals surface area contributed by atoms with Crippen molar-refractivity contribution < 1.29 is 14.6 Å². The van der Waals surface area contributed by atoms with Crippen LogP contribution in [0.1, 0.15) is 18.1 Å². The number of benzene rings is 1. The fraction of sp³-hybridized carbons (Fsp3) is 0.455. The smallest absolute Gasteiger partial charge is 0.125 e. The van der Waals surface area contributed by atoms with Crippen LogP contribution in [0.2, 0.25) is 0 Å². The standard InChI is InChI=1S/C11H18FN3O2/c1-15-3-2-9(16)11(17)7-4-6(12)5-8(13)10(7)14/h4-5,9,11,15-17H,2-3,13-14H2,1H3. The minimum Gasteiger partial charge on any atom is -0.397 e. The number of aliphatic hydroxyl groups is 2. The van der Waals surface area contributed by atoms with Crippen LogP contribution < -0.4 is 16.8 Å². The van der Waals surface area contributed by atoms with Crippen molar-refractivity contribution in [3.05, 3.63) is 23.5 Å². The van der Waals surface area contributed by atoms with Crippen LogP contribution in [0.4, 0.5) is 15.8 Å². The van der Waals surface area contributed by atoms with Gasteiger partial charge >= 0.3 is 0 Å². The molecular weight excluding hydrogens is 225 g/mol. The Labute approximate surface area is 99.2 Å². The van der Waals surface area contributed by atoms with Crippen LogP contribution in [-0.4, -0.2) is 29.9 Å². The van der Waals surface area contributed by atoms with E-state index in [1.165, 1.54) is 0 Å². The number of halogens is 1. The van der Waals surface area contributed by atoms with Gasteiger partial charge in [-0.1, -0.05) is 0 Å². The van der Waals surface area contributed by atoms with E-state index in [0.29, 0.717) is 13.0 Å². The monoisotopic (exact) mass is 243 g/mol. The van der Waals surface area contributed by atoms with Gasteiger partial charge in [0.1, 0.15) is 11.9 Å². The minimum atomic E-state index is -1.25. The van der Waals surface area contributed by atoms with Crippen LogP contribution in [0.15, 0.2) is 12.1 Å². The molecule has 0 amide bonds. The molecule has 0 saturated heterocycles. The highest BCUT2D eigenvalue weighted by Crippen LogP contribution is 2.29. The van der Waals surface area contributed by atoms with Crippen LogP contribution in [0.3, 0.4) is 0 Å². The number of nitrogens with two attached hydrogens (primary N) is 2. The molecular formula is C11H18FN3O2. The van der Waals surface area contributed by atoms with E-state index in [4.69, 9.17) is 11.5 Å². The zero-order valence-electron chi connectivity index (χ0n) is 9.65. The molecule has 0 radical (unpaired) electrons. The average Bonchev–Trinajstić information content (AvgIpc) is 2.29. The van der Waals surface area contributed by atoms with Gasteiger partial charge in [0.15, 0.2) is 0 Å². The van der Waals surface area contributed by atoms with Crippen LogP contribution in [-0.2, 0) is 0 Å². The van der Waals surface area contributed by atoms with Gasteiger partial charge in [0.2, 0.25) is 0 Å². The summed E-state index contributed by atoms with van der Waals surface area (Å²) in [5, 5.41) is 22.4. The number of nitrogens with one attached hydrogen (secondary N) is 1.